The molecule has 5 rings (SSSR count). The highest BCUT2D eigenvalue weighted by atomic mass is 32.2. The Bertz CT molecular complexity index is 1960. The number of halogens is 1. The number of pyridine rings is 1. The first-order valence-electron chi connectivity index (χ1n) is 16.5. The third-order valence-electron chi connectivity index (χ3n) is 9.56. The van der Waals surface area contributed by atoms with E-state index in [1.807, 2.05) is 18.2 Å². The van der Waals surface area contributed by atoms with Crippen LogP contribution in [-0.2, 0) is 29.5 Å². The van der Waals surface area contributed by atoms with Crippen molar-refractivity contribution in [2.24, 2.45) is 0 Å². The Morgan fingerprint density at radius 1 is 0.939 bits per heavy atom. The molecule has 0 spiro atoms. The third kappa shape index (κ3) is 7.12. The van der Waals surface area contributed by atoms with Gasteiger partial charge in [0.2, 0.25) is 10.0 Å². The Kier molecular flexibility index (Phi) is 10.3. The summed E-state index contributed by atoms with van der Waals surface area (Å²) >= 11 is 0. The normalized spacial score (nSPS) is 13.5. The van der Waals surface area contributed by atoms with Gasteiger partial charge in [0.1, 0.15) is 28.6 Å². The van der Waals surface area contributed by atoms with Crippen LogP contribution >= 0.6 is 0 Å². The molecule has 0 fully saturated rings. The van der Waals surface area contributed by atoms with E-state index >= 15 is 0 Å². The highest BCUT2D eigenvalue weighted by Gasteiger charge is 2.49. The Morgan fingerprint density at radius 2 is 1.59 bits per heavy atom. The summed E-state index contributed by atoms with van der Waals surface area (Å²) in [5.41, 5.74) is 4.60. The second-order valence-corrected chi connectivity index (χ2v) is 20.9. The number of fused-ring (bicyclic) bond motifs is 2. The molecule has 0 saturated heterocycles. The zero-order valence-electron chi connectivity index (χ0n) is 29.7. The van der Waals surface area contributed by atoms with Crippen LogP contribution in [0.1, 0.15) is 74.2 Å². The lowest BCUT2D eigenvalue weighted by molar-refractivity contribution is 0.0764. The average Bonchev–Trinajstić information content (AvgIpc) is 3.36. The highest BCUT2D eigenvalue weighted by molar-refractivity contribution is 7.92. The van der Waals surface area contributed by atoms with Gasteiger partial charge in [-0.2, -0.15) is 0 Å². The SMILES string of the molecule is COc1ccc(CN2Cc3c(c(O[Si](C(C)C)(C(C)C)C(C)C)c4ncc(Cc5ccc(F)cc5)cc4c3NS(C)(=O)=O)C2=O)c(OC)c1. The third-order valence-corrected chi connectivity index (χ3v) is 16.1. The number of ether oxygens (including phenoxy) is 2. The molecule has 1 aliphatic rings. The molecule has 1 aromatic heterocycles. The van der Waals surface area contributed by atoms with Crippen LogP contribution in [0.15, 0.2) is 54.7 Å². The monoisotopic (exact) mass is 707 g/mol. The number of carbonyl (C=O) groups excluding carboxylic acids is 1. The van der Waals surface area contributed by atoms with Gasteiger partial charge in [-0.15, -0.1) is 0 Å². The minimum Gasteiger partial charge on any atom is -0.541 e. The van der Waals surface area contributed by atoms with Crippen molar-refractivity contribution in [3.05, 3.63) is 88.4 Å². The Balaban J connectivity index is 1.76. The van der Waals surface area contributed by atoms with Gasteiger partial charge in [0, 0.05) is 41.9 Å². The van der Waals surface area contributed by atoms with Gasteiger partial charge in [-0.25, -0.2) is 12.8 Å². The summed E-state index contributed by atoms with van der Waals surface area (Å²) in [7, 11) is -3.29. The summed E-state index contributed by atoms with van der Waals surface area (Å²) in [6.45, 7) is 13.4. The number of sulfonamides is 1. The fraction of sp³-hybridized carbons (Fsp3) is 0.405. The first-order chi connectivity index (χ1) is 23.1. The summed E-state index contributed by atoms with van der Waals surface area (Å²) in [6, 6.07) is 13.6. The molecular weight excluding hydrogens is 662 g/mol. The van der Waals surface area contributed by atoms with Crippen LogP contribution in [0.5, 0.6) is 17.2 Å². The summed E-state index contributed by atoms with van der Waals surface area (Å²) < 4.78 is 60.6. The fourth-order valence-corrected chi connectivity index (χ4v) is 13.3. The van der Waals surface area contributed by atoms with Crippen LogP contribution in [0.4, 0.5) is 10.1 Å². The zero-order chi connectivity index (χ0) is 35.8. The van der Waals surface area contributed by atoms with Crippen molar-refractivity contribution in [1.29, 1.82) is 0 Å². The van der Waals surface area contributed by atoms with Crippen LogP contribution in [-0.4, -0.2) is 53.0 Å². The van der Waals surface area contributed by atoms with Gasteiger partial charge in [0.15, 0.2) is 0 Å². The molecule has 1 amide bonds. The summed E-state index contributed by atoms with van der Waals surface area (Å²) in [4.78, 5) is 21.2. The lowest BCUT2D eigenvalue weighted by atomic mass is 9.99. The van der Waals surface area contributed by atoms with E-state index in [4.69, 9.17) is 18.9 Å². The van der Waals surface area contributed by atoms with E-state index in [9.17, 15) is 17.6 Å². The van der Waals surface area contributed by atoms with Crippen molar-refractivity contribution in [2.75, 3.05) is 25.2 Å². The van der Waals surface area contributed by atoms with E-state index in [1.54, 1.807) is 43.5 Å². The van der Waals surface area contributed by atoms with E-state index in [0.29, 0.717) is 51.4 Å². The van der Waals surface area contributed by atoms with Crippen molar-refractivity contribution in [1.82, 2.24) is 9.88 Å². The Morgan fingerprint density at radius 3 is 2.16 bits per heavy atom. The molecule has 0 aliphatic carbocycles. The van der Waals surface area contributed by atoms with Crippen LogP contribution in [0, 0.1) is 5.82 Å². The summed E-state index contributed by atoms with van der Waals surface area (Å²) in [6.07, 6.45) is 3.26. The average molecular weight is 708 g/mol. The van der Waals surface area contributed by atoms with Crippen LogP contribution < -0.4 is 18.6 Å². The van der Waals surface area contributed by atoms with Crippen molar-refractivity contribution in [3.8, 4) is 17.2 Å². The van der Waals surface area contributed by atoms with Crippen molar-refractivity contribution < 1.29 is 31.5 Å². The molecule has 49 heavy (non-hydrogen) atoms. The first kappa shape index (κ1) is 36.1. The standard InChI is InChI=1S/C37H46FN3O6SSi/c1-22(2)49(23(3)4,24(5)6)47-36-33-31(21-41(37(33)42)20-27-12-15-29(45-7)18-32(27)46-8)34(40-48(9,43)44)30-17-26(19-39-35(30)36)16-25-10-13-28(38)14-11-25/h10-15,17-19,22-24,40H,16,20-21H2,1-9H3. The molecule has 0 atom stereocenters. The minimum atomic E-state index is -3.78. The van der Waals surface area contributed by atoms with Crippen LogP contribution in [0.2, 0.25) is 16.6 Å². The van der Waals surface area contributed by atoms with Gasteiger partial charge in [-0.05, 0) is 64.5 Å². The smallest absolute Gasteiger partial charge is 0.258 e. The summed E-state index contributed by atoms with van der Waals surface area (Å²) in [5.74, 6) is 0.981. The number of hydrogen-bond donors (Lipinski definition) is 1. The lowest BCUT2D eigenvalue weighted by Crippen LogP contribution is -2.51. The molecule has 262 valence electrons. The number of amides is 1. The molecule has 0 saturated carbocycles. The van der Waals surface area contributed by atoms with E-state index in [2.05, 4.69) is 46.3 Å². The van der Waals surface area contributed by atoms with Gasteiger partial charge >= 0.3 is 0 Å². The number of anilines is 1. The number of rotatable bonds is 13. The predicted molar refractivity (Wildman–Crippen MR) is 194 cm³/mol. The fourth-order valence-electron chi connectivity index (χ4n) is 7.41. The predicted octanol–water partition coefficient (Wildman–Crippen LogP) is 8.06. The van der Waals surface area contributed by atoms with E-state index < -0.39 is 18.3 Å². The zero-order valence-corrected chi connectivity index (χ0v) is 31.5. The van der Waals surface area contributed by atoms with Crippen molar-refractivity contribution in [2.45, 2.75) is 77.7 Å². The van der Waals surface area contributed by atoms with Crippen LogP contribution in [0.25, 0.3) is 10.9 Å². The molecule has 9 nitrogen and oxygen atoms in total. The molecule has 1 N–H and O–H groups in total. The van der Waals surface area contributed by atoms with E-state index in [0.717, 1.165) is 22.9 Å². The quantitative estimate of drug-likeness (QED) is 0.140. The van der Waals surface area contributed by atoms with Gasteiger partial charge in [-0.3, -0.25) is 14.5 Å². The van der Waals surface area contributed by atoms with Crippen LogP contribution in [0.3, 0.4) is 0 Å². The first-order valence-corrected chi connectivity index (χ1v) is 20.5. The molecule has 3 aromatic carbocycles. The number of nitrogens with zero attached hydrogens (tertiary/aromatic N) is 2. The summed E-state index contributed by atoms with van der Waals surface area (Å²) in [5, 5.41) is 0.537. The van der Waals surface area contributed by atoms with Gasteiger partial charge < -0.3 is 18.8 Å². The molecule has 0 radical (unpaired) electrons. The van der Waals surface area contributed by atoms with E-state index in [1.165, 1.54) is 12.1 Å². The molecule has 0 bridgehead atoms. The van der Waals surface area contributed by atoms with Gasteiger partial charge in [0.25, 0.3) is 14.2 Å². The number of methoxy groups -OCH3 is 2. The second-order valence-electron chi connectivity index (χ2n) is 13.7. The maximum absolute atomic E-state index is 14.6. The Hall–Kier alpha value is -4.16. The van der Waals surface area contributed by atoms with Gasteiger partial charge in [-0.1, -0.05) is 53.7 Å². The maximum Gasteiger partial charge on any atom is 0.258 e. The Labute approximate surface area is 290 Å². The number of hydrogen-bond acceptors (Lipinski definition) is 7. The topological polar surface area (TPSA) is 107 Å². The van der Waals surface area contributed by atoms with Crippen molar-refractivity contribution >= 4 is 40.8 Å². The molecule has 12 heteroatoms. The molecule has 2 heterocycles. The molecule has 4 aromatic rings. The molecule has 0 unspecified atom stereocenters. The molecular formula is C37H46FN3O6SSi. The maximum atomic E-state index is 14.6. The highest BCUT2D eigenvalue weighted by Crippen LogP contribution is 2.49. The van der Waals surface area contributed by atoms with E-state index in [-0.39, 0.29) is 41.4 Å². The number of benzene rings is 3. The lowest BCUT2D eigenvalue weighted by Gasteiger charge is -2.42. The molecule has 1 aliphatic heterocycles. The van der Waals surface area contributed by atoms with Gasteiger partial charge in [0.05, 0.1) is 31.7 Å². The number of aromatic nitrogens is 1. The largest absolute Gasteiger partial charge is 0.541 e. The number of nitrogens with one attached hydrogen (secondary N) is 1. The second kappa shape index (κ2) is 14.0. The number of carbonyl (C=O) groups is 1. The minimum absolute atomic E-state index is 0.134. The van der Waals surface area contributed by atoms with Crippen molar-refractivity contribution in [3.63, 3.8) is 0 Å².